The number of hydrogen-bond donors (Lipinski definition) is 1. The molecule has 1 spiro atoms. The Morgan fingerprint density at radius 1 is 1.20 bits per heavy atom. The zero-order valence-corrected chi connectivity index (χ0v) is 14.2. The summed E-state index contributed by atoms with van der Waals surface area (Å²) in [5, 5.41) is 3.38. The monoisotopic (exact) mass is 302 g/mol. The number of nitrogens with zero attached hydrogens (tertiary/aromatic N) is 1. The van der Waals surface area contributed by atoms with Crippen LogP contribution in [0.5, 0.6) is 0 Å². The van der Waals surface area contributed by atoms with Gasteiger partial charge < -0.3 is 5.32 Å². The fourth-order valence-corrected chi connectivity index (χ4v) is 4.48. The summed E-state index contributed by atoms with van der Waals surface area (Å²) in [6, 6.07) is 0. The molecule has 1 aliphatic heterocycles. The Hall–Kier alpha value is -0.130. The van der Waals surface area contributed by atoms with Crippen molar-refractivity contribution in [2.75, 3.05) is 25.4 Å². The Balaban J connectivity index is 2.09. The minimum absolute atomic E-state index is 0.0788. The van der Waals surface area contributed by atoms with E-state index in [1.807, 2.05) is 0 Å². The van der Waals surface area contributed by atoms with E-state index in [1.165, 1.54) is 25.7 Å². The Labute approximate surface area is 124 Å². The molecule has 20 heavy (non-hydrogen) atoms. The van der Waals surface area contributed by atoms with Gasteiger partial charge in [0.15, 0.2) is 9.84 Å². The lowest BCUT2D eigenvalue weighted by atomic mass is 9.87. The van der Waals surface area contributed by atoms with Crippen molar-refractivity contribution in [2.24, 2.45) is 0 Å². The van der Waals surface area contributed by atoms with Crippen LogP contribution in [-0.4, -0.2) is 55.0 Å². The van der Waals surface area contributed by atoms with E-state index in [2.05, 4.69) is 24.1 Å². The smallest absolute Gasteiger partial charge is 0.153 e. The van der Waals surface area contributed by atoms with Gasteiger partial charge in [-0.3, -0.25) is 4.90 Å². The second-order valence-corrected chi connectivity index (χ2v) is 10.2. The standard InChI is InChI=1S/C15H30N2O2S/c1-13(2)20(18,19)10-9-17-12-14(3,4)16-11-15(17)7-5-6-8-15/h13,16H,5-12H2,1-4H3. The highest BCUT2D eigenvalue weighted by Gasteiger charge is 2.45. The zero-order valence-electron chi connectivity index (χ0n) is 13.4. The third kappa shape index (κ3) is 3.37. The van der Waals surface area contributed by atoms with Gasteiger partial charge in [0.05, 0.1) is 11.0 Å². The van der Waals surface area contributed by atoms with Crippen LogP contribution in [0.15, 0.2) is 0 Å². The van der Waals surface area contributed by atoms with E-state index in [0.717, 1.165) is 13.1 Å². The predicted octanol–water partition coefficient (Wildman–Crippen LogP) is 1.81. The van der Waals surface area contributed by atoms with Gasteiger partial charge in [-0.05, 0) is 40.5 Å². The fourth-order valence-electron chi connectivity index (χ4n) is 3.53. The molecule has 1 saturated heterocycles. The highest BCUT2D eigenvalue weighted by molar-refractivity contribution is 7.92. The molecule has 0 amide bonds. The van der Waals surface area contributed by atoms with E-state index in [4.69, 9.17) is 0 Å². The lowest BCUT2D eigenvalue weighted by Gasteiger charge is -2.51. The Morgan fingerprint density at radius 3 is 2.35 bits per heavy atom. The summed E-state index contributed by atoms with van der Waals surface area (Å²) in [6.45, 7) is 10.6. The number of sulfone groups is 1. The molecule has 4 nitrogen and oxygen atoms in total. The molecule has 2 fully saturated rings. The van der Waals surface area contributed by atoms with E-state index in [9.17, 15) is 8.42 Å². The molecule has 2 rings (SSSR count). The van der Waals surface area contributed by atoms with Gasteiger partial charge >= 0.3 is 0 Å². The van der Waals surface area contributed by atoms with E-state index >= 15 is 0 Å². The first-order valence-electron chi connectivity index (χ1n) is 7.89. The van der Waals surface area contributed by atoms with Crippen molar-refractivity contribution in [3.63, 3.8) is 0 Å². The van der Waals surface area contributed by atoms with Crippen molar-refractivity contribution in [3.05, 3.63) is 0 Å². The molecule has 1 N–H and O–H groups in total. The van der Waals surface area contributed by atoms with E-state index < -0.39 is 9.84 Å². The molecule has 118 valence electrons. The Morgan fingerprint density at radius 2 is 1.80 bits per heavy atom. The summed E-state index contributed by atoms with van der Waals surface area (Å²) in [4.78, 5) is 2.47. The molecule has 0 bridgehead atoms. The SMILES string of the molecule is CC(C)S(=O)(=O)CCN1CC(C)(C)NCC12CCCC2. The first-order valence-corrected chi connectivity index (χ1v) is 9.60. The summed E-state index contributed by atoms with van der Waals surface area (Å²) < 4.78 is 24.2. The van der Waals surface area contributed by atoms with Gasteiger partial charge in [0, 0.05) is 30.7 Å². The van der Waals surface area contributed by atoms with Crippen molar-refractivity contribution in [1.29, 1.82) is 0 Å². The molecular weight excluding hydrogens is 272 g/mol. The van der Waals surface area contributed by atoms with Gasteiger partial charge in [0.25, 0.3) is 0 Å². The average Bonchev–Trinajstić information content (AvgIpc) is 2.80. The topological polar surface area (TPSA) is 49.4 Å². The lowest BCUT2D eigenvalue weighted by molar-refractivity contribution is 0.0241. The predicted molar refractivity (Wildman–Crippen MR) is 83.8 cm³/mol. The maximum Gasteiger partial charge on any atom is 0.153 e. The molecule has 1 saturated carbocycles. The first-order chi connectivity index (χ1) is 9.17. The first kappa shape index (κ1) is 16.2. The fraction of sp³-hybridized carbons (Fsp3) is 1.00. The second-order valence-electron chi connectivity index (χ2n) is 7.51. The molecule has 0 aromatic carbocycles. The molecule has 1 aliphatic carbocycles. The van der Waals surface area contributed by atoms with Crippen LogP contribution in [0, 0.1) is 0 Å². The minimum Gasteiger partial charge on any atom is -0.309 e. The highest BCUT2D eigenvalue weighted by atomic mass is 32.2. The van der Waals surface area contributed by atoms with E-state index in [0.29, 0.717) is 12.3 Å². The summed E-state index contributed by atoms with van der Waals surface area (Å²) >= 11 is 0. The van der Waals surface area contributed by atoms with Gasteiger partial charge in [-0.1, -0.05) is 12.8 Å². The normalized spacial score (nSPS) is 26.4. The van der Waals surface area contributed by atoms with Crippen LogP contribution in [-0.2, 0) is 9.84 Å². The molecule has 0 aromatic heterocycles. The highest BCUT2D eigenvalue weighted by Crippen LogP contribution is 2.38. The summed E-state index contributed by atoms with van der Waals surface area (Å²) in [5.41, 5.74) is 0.289. The maximum atomic E-state index is 12.1. The average molecular weight is 302 g/mol. The van der Waals surface area contributed by atoms with Crippen LogP contribution in [0.3, 0.4) is 0 Å². The minimum atomic E-state index is -2.94. The molecule has 5 heteroatoms. The molecule has 1 heterocycles. The van der Waals surface area contributed by atoms with Crippen LogP contribution in [0.4, 0.5) is 0 Å². The third-order valence-electron chi connectivity index (χ3n) is 5.05. The van der Waals surface area contributed by atoms with Crippen LogP contribution >= 0.6 is 0 Å². The molecule has 0 atom stereocenters. The van der Waals surface area contributed by atoms with Gasteiger partial charge in [-0.2, -0.15) is 0 Å². The molecule has 0 aromatic rings. The zero-order chi connectivity index (χ0) is 15.0. The van der Waals surface area contributed by atoms with Crippen LogP contribution in [0.25, 0.3) is 0 Å². The van der Waals surface area contributed by atoms with Crippen molar-refractivity contribution in [3.8, 4) is 0 Å². The summed E-state index contributed by atoms with van der Waals surface area (Å²) in [6.07, 6.45) is 4.96. The Kier molecular flexibility index (Phi) is 4.53. The van der Waals surface area contributed by atoms with E-state index in [-0.39, 0.29) is 16.3 Å². The van der Waals surface area contributed by atoms with Crippen LogP contribution < -0.4 is 5.32 Å². The van der Waals surface area contributed by atoms with Crippen LogP contribution in [0.1, 0.15) is 53.4 Å². The van der Waals surface area contributed by atoms with Gasteiger partial charge in [0.2, 0.25) is 0 Å². The van der Waals surface area contributed by atoms with Gasteiger partial charge in [0.1, 0.15) is 0 Å². The Bertz CT molecular complexity index is 437. The number of nitrogens with one attached hydrogen (secondary N) is 1. The molecule has 0 radical (unpaired) electrons. The molecule has 0 unspecified atom stereocenters. The van der Waals surface area contributed by atoms with Crippen molar-refractivity contribution in [2.45, 2.75) is 69.7 Å². The quantitative estimate of drug-likeness (QED) is 0.860. The second kappa shape index (κ2) is 5.58. The molecular formula is C15H30N2O2S. The molecule has 2 aliphatic rings. The van der Waals surface area contributed by atoms with E-state index in [1.54, 1.807) is 13.8 Å². The van der Waals surface area contributed by atoms with Crippen molar-refractivity contribution < 1.29 is 8.42 Å². The number of rotatable bonds is 4. The van der Waals surface area contributed by atoms with Crippen molar-refractivity contribution in [1.82, 2.24) is 10.2 Å². The summed E-state index contributed by atoms with van der Waals surface area (Å²) in [5.74, 6) is 0.294. The summed E-state index contributed by atoms with van der Waals surface area (Å²) in [7, 11) is -2.94. The van der Waals surface area contributed by atoms with Gasteiger partial charge in [-0.15, -0.1) is 0 Å². The third-order valence-corrected chi connectivity index (χ3v) is 7.24. The number of hydrogen-bond acceptors (Lipinski definition) is 4. The largest absolute Gasteiger partial charge is 0.309 e. The lowest BCUT2D eigenvalue weighted by Crippen LogP contribution is -2.67. The number of piperazine rings is 1. The van der Waals surface area contributed by atoms with Crippen molar-refractivity contribution >= 4 is 9.84 Å². The van der Waals surface area contributed by atoms with Crippen LogP contribution in [0.2, 0.25) is 0 Å². The van der Waals surface area contributed by atoms with Gasteiger partial charge in [-0.25, -0.2) is 8.42 Å². The maximum absolute atomic E-state index is 12.1.